The second-order valence-corrected chi connectivity index (χ2v) is 7.88. The Kier molecular flexibility index (Phi) is 7.81. The minimum atomic E-state index is -0.256. The fourth-order valence-electron chi connectivity index (χ4n) is 2.73. The maximum atomic E-state index is 12.4. The molecule has 3 aromatic carbocycles. The molecule has 0 atom stereocenters. The summed E-state index contributed by atoms with van der Waals surface area (Å²) in [6.07, 6.45) is 0. The van der Waals surface area contributed by atoms with Gasteiger partial charge in [-0.15, -0.1) is 11.8 Å². The Morgan fingerprint density at radius 1 is 0.935 bits per heavy atom. The average molecular weight is 457 g/mol. The molecule has 0 unspecified atom stereocenters. The van der Waals surface area contributed by atoms with Crippen LogP contribution in [0.15, 0.2) is 71.6 Å². The van der Waals surface area contributed by atoms with Gasteiger partial charge in [0, 0.05) is 27.2 Å². The molecule has 160 valence electrons. The highest BCUT2D eigenvalue weighted by Gasteiger charge is 2.11. The summed E-state index contributed by atoms with van der Waals surface area (Å²) < 4.78 is 10.5. The number of nitrogens with one attached hydrogen (secondary N) is 2. The molecule has 6 nitrogen and oxygen atoms in total. The first-order valence-corrected chi connectivity index (χ1v) is 10.7. The van der Waals surface area contributed by atoms with Crippen LogP contribution in [0.5, 0.6) is 11.5 Å². The number of hydrogen-bond acceptors (Lipinski definition) is 5. The van der Waals surface area contributed by atoms with Crippen LogP contribution in [0, 0.1) is 0 Å². The van der Waals surface area contributed by atoms with Gasteiger partial charge in [-0.25, -0.2) is 0 Å². The van der Waals surface area contributed by atoms with Crippen molar-refractivity contribution in [3.05, 3.63) is 77.3 Å². The van der Waals surface area contributed by atoms with Crippen LogP contribution >= 0.6 is 23.4 Å². The number of methoxy groups -OCH3 is 2. The fraction of sp³-hybridized carbons (Fsp3) is 0.130. The van der Waals surface area contributed by atoms with Gasteiger partial charge in [-0.05, 0) is 48.5 Å². The number of carbonyl (C=O) groups is 2. The number of amides is 2. The predicted octanol–water partition coefficient (Wildman–Crippen LogP) is 5.34. The normalized spacial score (nSPS) is 10.3. The van der Waals surface area contributed by atoms with E-state index in [2.05, 4.69) is 10.6 Å². The Labute approximate surface area is 189 Å². The summed E-state index contributed by atoms with van der Waals surface area (Å²) in [6, 6.07) is 19.2. The minimum absolute atomic E-state index is 0.179. The second kappa shape index (κ2) is 10.7. The maximum Gasteiger partial charge on any atom is 0.255 e. The summed E-state index contributed by atoms with van der Waals surface area (Å²) in [5.74, 6) is 0.918. The van der Waals surface area contributed by atoms with Gasteiger partial charge in [0.25, 0.3) is 5.91 Å². The molecule has 0 aliphatic heterocycles. The first-order chi connectivity index (χ1) is 15.0. The number of hydrogen-bond donors (Lipinski definition) is 2. The molecule has 3 rings (SSSR count). The van der Waals surface area contributed by atoms with Gasteiger partial charge >= 0.3 is 0 Å². The number of benzene rings is 3. The molecule has 0 aromatic heterocycles. The van der Waals surface area contributed by atoms with E-state index in [1.165, 1.54) is 18.9 Å². The van der Waals surface area contributed by atoms with Gasteiger partial charge in [-0.1, -0.05) is 23.7 Å². The zero-order valence-electron chi connectivity index (χ0n) is 17.0. The van der Waals surface area contributed by atoms with Gasteiger partial charge in [0.1, 0.15) is 11.5 Å². The molecule has 0 radical (unpaired) electrons. The van der Waals surface area contributed by atoms with Crippen LogP contribution in [0.25, 0.3) is 0 Å². The van der Waals surface area contributed by atoms with Crippen LogP contribution in [0.4, 0.5) is 11.4 Å². The SMILES string of the molecule is COc1ccc(NC(=O)CSc2cccc(NC(=O)c3cccc(Cl)c3)c2)c(OC)c1. The van der Waals surface area contributed by atoms with Crippen molar-refractivity contribution in [3.8, 4) is 11.5 Å². The Balaban J connectivity index is 1.58. The lowest BCUT2D eigenvalue weighted by Crippen LogP contribution is -2.14. The van der Waals surface area contributed by atoms with Gasteiger partial charge in [0.2, 0.25) is 5.91 Å². The number of thioether (sulfide) groups is 1. The first-order valence-electron chi connectivity index (χ1n) is 9.30. The maximum absolute atomic E-state index is 12.4. The number of ether oxygens (including phenoxy) is 2. The van der Waals surface area contributed by atoms with E-state index in [-0.39, 0.29) is 17.6 Å². The molecule has 0 saturated carbocycles. The third-order valence-electron chi connectivity index (χ3n) is 4.23. The fourth-order valence-corrected chi connectivity index (χ4v) is 3.68. The Hall–Kier alpha value is -3.16. The Bertz CT molecular complexity index is 1090. The predicted molar refractivity (Wildman–Crippen MR) is 125 cm³/mol. The van der Waals surface area contributed by atoms with E-state index in [4.69, 9.17) is 21.1 Å². The van der Waals surface area contributed by atoms with E-state index >= 15 is 0 Å². The lowest BCUT2D eigenvalue weighted by molar-refractivity contribution is -0.113. The Morgan fingerprint density at radius 2 is 1.74 bits per heavy atom. The largest absolute Gasteiger partial charge is 0.497 e. The summed E-state index contributed by atoms with van der Waals surface area (Å²) in [4.78, 5) is 25.6. The monoisotopic (exact) mass is 456 g/mol. The van der Waals surface area contributed by atoms with Gasteiger partial charge in [0.15, 0.2) is 0 Å². The van der Waals surface area contributed by atoms with Crippen molar-refractivity contribution in [2.45, 2.75) is 4.90 Å². The molecule has 0 aliphatic carbocycles. The molecule has 0 aliphatic rings. The Morgan fingerprint density at radius 3 is 2.48 bits per heavy atom. The topological polar surface area (TPSA) is 76.7 Å². The molecule has 0 bridgehead atoms. The van der Waals surface area contributed by atoms with E-state index in [1.54, 1.807) is 55.6 Å². The van der Waals surface area contributed by atoms with Crippen molar-refractivity contribution in [2.75, 3.05) is 30.6 Å². The lowest BCUT2D eigenvalue weighted by atomic mass is 10.2. The highest BCUT2D eigenvalue weighted by Crippen LogP contribution is 2.29. The van der Waals surface area contributed by atoms with Crippen molar-refractivity contribution in [3.63, 3.8) is 0 Å². The van der Waals surface area contributed by atoms with Crippen LogP contribution in [0.1, 0.15) is 10.4 Å². The third kappa shape index (κ3) is 6.41. The molecule has 2 N–H and O–H groups in total. The van der Waals surface area contributed by atoms with E-state index in [0.717, 1.165) is 4.90 Å². The van der Waals surface area contributed by atoms with E-state index in [1.807, 2.05) is 18.2 Å². The van der Waals surface area contributed by atoms with Crippen LogP contribution in [-0.4, -0.2) is 31.8 Å². The van der Waals surface area contributed by atoms with Crippen molar-refractivity contribution in [2.24, 2.45) is 0 Å². The molecule has 0 fully saturated rings. The summed E-state index contributed by atoms with van der Waals surface area (Å²) in [5.41, 5.74) is 1.67. The first kappa shape index (κ1) is 22.5. The molecule has 3 aromatic rings. The molecule has 0 heterocycles. The molecule has 0 saturated heterocycles. The number of rotatable bonds is 8. The second-order valence-electron chi connectivity index (χ2n) is 6.40. The van der Waals surface area contributed by atoms with Crippen molar-refractivity contribution < 1.29 is 19.1 Å². The summed E-state index contributed by atoms with van der Waals surface area (Å²) >= 11 is 7.30. The number of anilines is 2. The summed E-state index contributed by atoms with van der Waals surface area (Å²) in [7, 11) is 3.09. The van der Waals surface area contributed by atoms with E-state index in [9.17, 15) is 9.59 Å². The molecule has 0 spiro atoms. The highest BCUT2D eigenvalue weighted by molar-refractivity contribution is 8.00. The van der Waals surface area contributed by atoms with Crippen LogP contribution in [0.3, 0.4) is 0 Å². The van der Waals surface area contributed by atoms with E-state index < -0.39 is 0 Å². The lowest BCUT2D eigenvalue weighted by Gasteiger charge is -2.12. The third-order valence-corrected chi connectivity index (χ3v) is 5.46. The zero-order chi connectivity index (χ0) is 22.2. The highest BCUT2D eigenvalue weighted by atomic mass is 35.5. The molecule has 2 amide bonds. The van der Waals surface area contributed by atoms with Crippen molar-refractivity contribution in [1.82, 2.24) is 0 Å². The number of halogens is 1. The zero-order valence-corrected chi connectivity index (χ0v) is 18.5. The molecular formula is C23H21ClN2O4S. The van der Waals surface area contributed by atoms with E-state index in [0.29, 0.717) is 33.5 Å². The quantitative estimate of drug-likeness (QED) is 0.447. The molecule has 8 heteroatoms. The summed E-state index contributed by atoms with van der Waals surface area (Å²) in [6.45, 7) is 0. The number of carbonyl (C=O) groups excluding carboxylic acids is 2. The van der Waals surface area contributed by atoms with Crippen LogP contribution < -0.4 is 20.1 Å². The van der Waals surface area contributed by atoms with Gasteiger partial charge in [0.05, 0.1) is 25.7 Å². The van der Waals surface area contributed by atoms with Gasteiger partial charge in [-0.2, -0.15) is 0 Å². The van der Waals surface area contributed by atoms with Gasteiger partial charge in [-0.3, -0.25) is 9.59 Å². The van der Waals surface area contributed by atoms with Crippen molar-refractivity contribution in [1.29, 1.82) is 0 Å². The average Bonchev–Trinajstić information content (AvgIpc) is 2.78. The molecular weight excluding hydrogens is 436 g/mol. The smallest absolute Gasteiger partial charge is 0.255 e. The van der Waals surface area contributed by atoms with Crippen LogP contribution in [0.2, 0.25) is 5.02 Å². The van der Waals surface area contributed by atoms with Crippen molar-refractivity contribution >= 4 is 46.6 Å². The molecule has 31 heavy (non-hydrogen) atoms. The van der Waals surface area contributed by atoms with Gasteiger partial charge < -0.3 is 20.1 Å². The summed E-state index contributed by atoms with van der Waals surface area (Å²) in [5, 5.41) is 6.17. The van der Waals surface area contributed by atoms with Crippen LogP contribution in [-0.2, 0) is 4.79 Å². The minimum Gasteiger partial charge on any atom is -0.497 e. The standard InChI is InChI=1S/C23H21ClN2O4S/c1-29-18-9-10-20(21(13-18)30-2)26-22(27)14-31-19-8-4-7-17(12-19)25-23(28)15-5-3-6-16(24)11-15/h3-13H,14H2,1-2H3,(H,25,28)(H,26,27).